The van der Waals surface area contributed by atoms with Crippen LogP contribution in [0.5, 0.6) is 11.5 Å². The van der Waals surface area contributed by atoms with Crippen molar-refractivity contribution in [3.05, 3.63) is 42.4 Å². The molecule has 1 saturated heterocycles. The average molecular weight is 371 g/mol. The minimum absolute atomic E-state index is 0.0475. The lowest BCUT2D eigenvalue weighted by atomic mass is 10.1. The van der Waals surface area contributed by atoms with Gasteiger partial charge in [0.15, 0.2) is 11.5 Å². The highest BCUT2D eigenvalue weighted by Gasteiger charge is 2.25. The van der Waals surface area contributed by atoms with Gasteiger partial charge in [-0.15, -0.1) is 0 Å². The van der Waals surface area contributed by atoms with E-state index in [0.29, 0.717) is 36.9 Å². The highest BCUT2D eigenvalue weighted by molar-refractivity contribution is 5.89. The molecule has 0 spiro atoms. The van der Waals surface area contributed by atoms with Gasteiger partial charge in [-0.2, -0.15) is 0 Å². The van der Waals surface area contributed by atoms with Gasteiger partial charge in [-0.1, -0.05) is 6.42 Å². The second kappa shape index (κ2) is 8.35. The Morgan fingerprint density at radius 3 is 2.67 bits per heavy atom. The third kappa shape index (κ3) is 4.36. The maximum atomic E-state index is 12.4. The minimum Gasteiger partial charge on any atom is -0.486 e. The fourth-order valence-corrected chi connectivity index (χ4v) is 3.61. The first-order chi connectivity index (χ1) is 13.3. The van der Waals surface area contributed by atoms with E-state index in [9.17, 15) is 4.79 Å². The molecule has 2 N–H and O–H groups in total. The fourth-order valence-electron chi connectivity index (χ4n) is 3.61. The van der Waals surface area contributed by atoms with Gasteiger partial charge >= 0.3 is 6.03 Å². The Balaban J connectivity index is 1.36. The predicted octanol–water partition coefficient (Wildman–Crippen LogP) is 3.40. The number of amides is 2. The number of furan rings is 1. The monoisotopic (exact) mass is 371 g/mol. The van der Waals surface area contributed by atoms with Crippen molar-refractivity contribution in [2.45, 2.75) is 25.3 Å². The van der Waals surface area contributed by atoms with Gasteiger partial charge in [-0.3, -0.25) is 4.90 Å². The zero-order chi connectivity index (χ0) is 18.5. The smallest absolute Gasteiger partial charge is 0.319 e. The molecule has 144 valence electrons. The van der Waals surface area contributed by atoms with Crippen LogP contribution in [0.3, 0.4) is 0 Å². The second-order valence-corrected chi connectivity index (χ2v) is 6.82. The van der Waals surface area contributed by atoms with Crippen LogP contribution in [-0.2, 0) is 0 Å². The summed E-state index contributed by atoms with van der Waals surface area (Å²) < 4.78 is 16.7. The summed E-state index contributed by atoms with van der Waals surface area (Å²) in [5.41, 5.74) is 0.671. The van der Waals surface area contributed by atoms with Crippen molar-refractivity contribution in [2.24, 2.45) is 0 Å². The van der Waals surface area contributed by atoms with E-state index in [-0.39, 0.29) is 12.1 Å². The van der Waals surface area contributed by atoms with Crippen molar-refractivity contribution in [1.29, 1.82) is 0 Å². The standard InChI is InChI=1S/C20H25N3O4/c24-20(22-15-6-7-18-19(13-15)27-12-11-26-18)21-14-16(17-5-4-10-25-17)23-8-2-1-3-9-23/h4-7,10,13,16H,1-3,8-9,11-12,14H2,(H2,21,22,24). The highest BCUT2D eigenvalue weighted by Crippen LogP contribution is 2.32. The van der Waals surface area contributed by atoms with Crippen molar-refractivity contribution in [3.8, 4) is 11.5 Å². The number of likely N-dealkylation sites (tertiary alicyclic amines) is 1. The van der Waals surface area contributed by atoms with Crippen LogP contribution in [0, 0.1) is 0 Å². The molecule has 0 bridgehead atoms. The number of fused-ring (bicyclic) bond motifs is 1. The molecule has 1 atom stereocenters. The van der Waals surface area contributed by atoms with Crippen molar-refractivity contribution in [2.75, 3.05) is 38.2 Å². The Morgan fingerprint density at radius 2 is 1.89 bits per heavy atom. The lowest BCUT2D eigenvalue weighted by Gasteiger charge is -2.33. The Labute approximate surface area is 158 Å². The van der Waals surface area contributed by atoms with Crippen molar-refractivity contribution < 1.29 is 18.7 Å². The lowest BCUT2D eigenvalue weighted by molar-refractivity contribution is 0.144. The molecule has 27 heavy (non-hydrogen) atoms. The number of piperidine rings is 1. The van der Waals surface area contributed by atoms with Crippen molar-refractivity contribution in [1.82, 2.24) is 10.2 Å². The molecule has 3 heterocycles. The lowest BCUT2D eigenvalue weighted by Crippen LogP contribution is -2.41. The zero-order valence-corrected chi connectivity index (χ0v) is 15.3. The summed E-state index contributed by atoms with van der Waals surface area (Å²) in [6, 6.07) is 9.06. The maximum absolute atomic E-state index is 12.4. The van der Waals surface area contributed by atoms with Gasteiger partial charge in [0.2, 0.25) is 0 Å². The Kier molecular flexibility index (Phi) is 5.48. The van der Waals surface area contributed by atoms with E-state index < -0.39 is 0 Å². The summed E-state index contributed by atoms with van der Waals surface area (Å²) in [5.74, 6) is 2.24. The maximum Gasteiger partial charge on any atom is 0.319 e. The number of benzene rings is 1. The molecule has 1 fully saturated rings. The number of rotatable bonds is 5. The predicted molar refractivity (Wildman–Crippen MR) is 101 cm³/mol. The molecule has 1 aromatic carbocycles. The molecular weight excluding hydrogens is 346 g/mol. The minimum atomic E-state index is -0.250. The normalized spacial score (nSPS) is 17.9. The number of ether oxygens (including phenoxy) is 2. The SMILES string of the molecule is O=C(NCC(c1ccco1)N1CCCCC1)Nc1ccc2c(c1)OCCO2. The van der Waals surface area contributed by atoms with Gasteiger partial charge in [0.1, 0.15) is 19.0 Å². The number of hydrogen-bond donors (Lipinski definition) is 2. The average Bonchev–Trinajstić information content (AvgIpc) is 3.23. The van der Waals surface area contributed by atoms with Crippen LogP contribution in [0.2, 0.25) is 0 Å². The summed E-state index contributed by atoms with van der Waals surface area (Å²) >= 11 is 0. The van der Waals surface area contributed by atoms with Gasteiger partial charge in [-0.05, 0) is 50.2 Å². The van der Waals surface area contributed by atoms with E-state index in [1.54, 1.807) is 12.3 Å². The van der Waals surface area contributed by atoms with Gasteiger partial charge in [0.05, 0.1) is 12.3 Å². The van der Waals surface area contributed by atoms with Crippen LogP contribution in [0.4, 0.5) is 10.5 Å². The van der Waals surface area contributed by atoms with E-state index in [1.807, 2.05) is 24.3 Å². The molecule has 7 nitrogen and oxygen atoms in total. The number of carbonyl (C=O) groups excluding carboxylic acids is 1. The number of nitrogens with one attached hydrogen (secondary N) is 2. The number of anilines is 1. The molecule has 0 saturated carbocycles. The number of hydrogen-bond acceptors (Lipinski definition) is 5. The van der Waals surface area contributed by atoms with E-state index in [1.165, 1.54) is 19.3 Å². The van der Waals surface area contributed by atoms with Crippen LogP contribution in [-0.4, -0.2) is 43.8 Å². The molecule has 0 aliphatic carbocycles. The quantitative estimate of drug-likeness (QED) is 0.842. The summed E-state index contributed by atoms with van der Waals surface area (Å²) in [4.78, 5) is 14.8. The number of carbonyl (C=O) groups is 1. The largest absolute Gasteiger partial charge is 0.486 e. The highest BCUT2D eigenvalue weighted by atomic mass is 16.6. The van der Waals surface area contributed by atoms with Crippen LogP contribution < -0.4 is 20.1 Å². The first-order valence-corrected chi connectivity index (χ1v) is 9.51. The van der Waals surface area contributed by atoms with E-state index >= 15 is 0 Å². The second-order valence-electron chi connectivity index (χ2n) is 6.82. The van der Waals surface area contributed by atoms with Crippen LogP contribution in [0.15, 0.2) is 41.0 Å². The van der Waals surface area contributed by atoms with Crippen molar-refractivity contribution in [3.63, 3.8) is 0 Å². The van der Waals surface area contributed by atoms with E-state index in [2.05, 4.69) is 15.5 Å². The molecule has 2 aliphatic rings. The van der Waals surface area contributed by atoms with Gasteiger partial charge in [0.25, 0.3) is 0 Å². The topological polar surface area (TPSA) is 76.0 Å². The molecule has 2 aliphatic heterocycles. The summed E-state index contributed by atoms with van der Waals surface area (Å²) in [7, 11) is 0. The Bertz CT molecular complexity index is 757. The van der Waals surface area contributed by atoms with Crippen LogP contribution in [0.25, 0.3) is 0 Å². The molecule has 4 rings (SSSR count). The first-order valence-electron chi connectivity index (χ1n) is 9.51. The molecular formula is C20H25N3O4. The van der Waals surface area contributed by atoms with Crippen LogP contribution in [0.1, 0.15) is 31.1 Å². The molecule has 1 unspecified atom stereocenters. The van der Waals surface area contributed by atoms with Crippen molar-refractivity contribution >= 4 is 11.7 Å². The molecule has 1 aromatic heterocycles. The summed E-state index contributed by atoms with van der Waals surface area (Å²) in [6.45, 7) is 3.60. The summed E-state index contributed by atoms with van der Waals surface area (Å²) in [5, 5.41) is 5.83. The molecule has 2 amide bonds. The molecule has 2 aromatic rings. The summed E-state index contributed by atoms with van der Waals surface area (Å²) in [6.07, 6.45) is 5.31. The van der Waals surface area contributed by atoms with Gasteiger partial charge in [0, 0.05) is 18.3 Å². The van der Waals surface area contributed by atoms with E-state index in [0.717, 1.165) is 18.8 Å². The fraction of sp³-hybridized carbons (Fsp3) is 0.450. The van der Waals surface area contributed by atoms with Gasteiger partial charge < -0.3 is 24.5 Å². The van der Waals surface area contributed by atoms with Gasteiger partial charge in [-0.25, -0.2) is 4.79 Å². The Hall–Kier alpha value is -2.67. The zero-order valence-electron chi connectivity index (χ0n) is 15.3. The number of urea groups is 1. The van der Waals surface area contributed by atoms with Crippen LogP contribution >= 0.6 is 0 Å². The third-order valence-corrected chi connectivity index (χ3v) is 4.96. The van der Waals surface area contributed by atoms with E-state index in [4.69, 9.17) is 13.9 Å². The first kappa shape index (κ1) is 17.7. The number of nitrogens with zero attached hydrogens (tertiary/aromatic N) is 1. The third-order valence-electron chi connectivity index (χ3n) is 4.96. The molecule has 0 radical (unpaired) electrons. The molecule has 7 heteroatoms. The Morgan fingerprint density at radius 1 is 1.07 bits per heavy atom.